The number of carbonyl (C=O) groups is 2. The Hall–Kier alpha value is -2.96. The van der Waals surface area contributed by atoms with Gasteiger partial charge in [0.25, 0.3) is 11.8 Å². The predicted molar refractivity (Wildman–Crippen MR) is 111 cm³/mol. The van der Waals surface area contributed by atoms with Crippen LogP contribution in [0.1, 0.15) is 16.1 Å². The van der Waals surface area contributed by atoms with E-state index in [9.17, 15) is 9.59 Å². The van der Waals surface area contributed by atoms with E-state index in [0.717, 1.165) is 5.56 Å². The first-order valence-electron chi connectivity index (χ1n) is 8.64. The number of halogens is 2. The first-order chi connectivity index (χ1) is 13.8. The van der Waals surface area contributed by atoms with Gasteiger partial charge in [0.15, 0.2) is 6.61 Å². The Morgan fingerprint density at radius 1 is 1.03 bits per heavy atom. The zero-order valence-corrected chi connectivity index (χ0v) is 17.0. The maximum Gasteiger partial charge on any atom is 0.260 e. The topological polar surface area (TPSA) is 85.8 Å². The van der Waals surface area contributed by atoms with E-state index in [2.05, 4.69) is 0 Å². The lowest BCUT2D eigenvalue weighted by molar-refractivity contribution is -0.132. The molecular weight excluding hydrogens is 415 g/mol. The Labute approximate surface area is 177 Å². The Balaban J connectivity index is 1.60. The minimum Gasteiger partial charge on any atom is -0.483 e. The first kappa shape index (κ1) is 20.8. The third kappa shape index (κ3) is 5.31. The van der Waals surface area contributed by atoms with Crippen LogP contribution in [-0.2, 0) is 11.3 Å². The molecule has 0 aliphatic carbocycles. The standard InChI is InChI=1S/C21H18Cl2N2O4/c1-25(11-16-7-9-18(29-16)13-2-4-14(22)5-3-13)20(26)12-28-19-8-6-15(23)10-17(19)21(24)27/h2-10H,11-12H2,1H3,(H2,24,27). The van der Waals surface area contributed by atoms with Crippen molar-refractivity contribution in [1.82, 2.24) is 4.90 Å². The van der Waals surface area contributed by atoms with Crippen molar-refractivity contribution in [3.05, 3.63) is 76.0 Å². The number of primary amides is 1. The van der Waals surface area contributed by atoms with Gasteiger partial charge in [-0.05, 0) is 54.6 Å². The molecular formula is C21H18Cl2N2O4. The molecule has 8 heteroatoms. The lowest BCUT2D eigenvalue weighted by Gasteiger charge is -2.17. The van der Waals surface area contributed by atoms with Crippen molar-refractivity contribution >= 4 is 35.0 Å². The van der Waals surface area contributed by atoms with Gasteiger partial charge >= 0.3 is 0 Å². The molecule has 0 bridgehead atoms. The summed E-state index contributed by atoms with van der Waals surface area (Å²) < 4.78 is 11.3. The van der Waals surface area contributed by atoms with Crippen LogP contribution in [-0.4, -0.2) is 30.4 Å². The van der Waals surface area contributed by atoms with Crippen LogP contribution in [0.15, 0.2) is 59.0 Å². The van der Waals surface area contributed by atoms with Gasteiger partial charge in [-0.3, -0.25) is 9.59 Å². The summed E-state index contributed by atoms with van der Waals surface area (Å²) in [7, 11) is 1.63. The SMILES string of the molecule is CN(Cc1ccc(-c2ccc(Cl)cc2)o1)C(=O)COc1ccc(Cl)cc1C(N)=O. The summed E-state index contributed by atoms with van der Waals surface area (Å²) in [5.74, 6) is 0.524. The number of benzene rings is 2. The van der Waals surface area contributed by atoms with E-state index in [4.69, 9.17) is 38.1 Å². The molecule has 0 spiro atoms. The van der Waals surface area contributed by atoms with Gasteiger partial charge in [-0.1, -0.05) is 23.2 Å². The number of rotatable bonds is 7. The van der Waals surface area contributed by atoms with Crippen molar-refractivity contribution in [3.8, 4) is 17.1 Å². The van der Waals surface area contributed by atoms with E-state index in [1.165, 1.54) is 17.0 Å². The maximum absolute atomic E-state index is 12.4. The van der Waals surface area contributed by atoms with Gasteiger partial charge < -0.3 is 19.8 Å². The molecule has 2 aromatic carbocycles. The van der Waals surface area contributed by atoms with Crippen LogP contribution in [0.4, 0.5) is 0 Å². The fourth-order valence-corrected chi connectivity index (χ4v) is 2.92. The van der Waals surface area contributed by atoms with Crippen LogP contribution >= 0.6 is 23.2 Å². The third-order valence-corrected chi connectivity index (χ3v) is 4.65. The normalized spacial score (nSPS) is 10.6. The number of hydrogen-bond donors (Lipinski definition) is 1. The van der Waals surface area contributed by atoms with Gasteiger partial charge in [0.05, 0.1) is 12.1 Å². The maximum atomic E-state index is 12.4. The minimum atomic E-state index is -0.686. The van der Waals surface area contributed by atoms with Crippen molar-refractivity contribution in [2.24, 2.45) is 5.73 Å². The largest absolute Gasteiger partial charge is 0.483 e. The van der Waals surface area contributed by atoms with Gasteiger partial charge in [0.1, 0.15) is 17.3 Å². The van der Waals surface area contributed by atoms with Crippen molar-refractivity contribution in [2.45, 2.75) is 6.54 Å². The molecule has 150 valence electrons. The highest BCUT2D eigenvalue weighted by Crippen LogP contribution is 2.25. The van der Waals surface area contributed by atoms with Crippen molar-refractivity contribution in [1.29, 1.82) is 0 Å². The zero-order valence-electron chi connectivity index (χ0n) is 15.5. The van der Waals surface area contributed by atoms with E-state index in [1.54, 1.807) is 31.3 Å². The van der Waals surface area contributed by atoms with Crippen LogP contribution in [0, 0.1) is 0 Å². The Bertz CT molecular complexity index is 1030. The lowest BCUT2D eigenvalue weighted by atomic mass is 10.2. The quantitative estimate of drug-likeness (QED) is 0.599. The molecule has 0 saturated heterocycles. The van der Waals surface area contributed by atoms with Gasteiger partial charge in [-0.15, -0.1) is 0 Å². The van der Waals surface area contributed by atoms with E-state index >= 15 is 0 Å². The zero-order chi connectivity index (χ0) is 21.0. The second-order valence-corrected chi connectivity index (χ2v) is 7.19. The number of nitrogens with two attached hydrogens (primary N) is 1. The summed E-state index contributed by atoms with van der Waals surface area (Å²) >= 11 is 11.8. The second-order valence-electron chi connectivity index (χ2n) is 6.32. The summed E-state index contributed by atoms with van der Waals surface area (Å²) in [6.07, 6.45) is 0. The fraction of sp³-hybridized carbons (Fsp3) is 0.143. The Morgan fingerprint density at radius 3 is 2.41 bits per heavy atom. The molecule has 0 saturated carbocycles. The fourth-order valence-electron chi connectivity index (χ4n) is 2.62. The molecule has 0 radical (unpaired) electrons. The molecule has 0 aliphatic heterocycles. The monoisotopic (exact) mass is 432 g/mol. The van der Waals surface area contributed by atoms with Crippen LogP contribution < -0.4 is 10.5 Å². The summed E-state index contributed by atoms with van der Waals surface area (Å²) in [5.41, 5.74) is 6.32. The average molecular weight is 433 g/mol. The average Bonchev–Trinajstić information content (AvgIpc) is 3.15. The van der Waals surface area contributed by atoms with Gasteiger partial charge in [0, 0.05) is 22.7 Å². The summed E-state index contributed by atoms with van der Waals surface area (Å²) in [6, 6.07) is 15.4. The highest BCUT2D eigenvalue weighted by atomic mass is 35.5. The second kappa shape index (κ2) is 9.03. The molecule has 1 heterocycles. The van der Waals surface area contributed by atoms with E-state index in [0.29, 0.717) is 21.6 Å². The molecule has 3 rings (SSSR count). The summed E-state index contributed by atoms with van der Waals surface area (Å²) in [4.78, 5) is 25.3. The number of amides is 2. The van der Waals surface area contributed by atoms with Crippen molar-refractivity contribution < 1.29 is 18.7 Å². The molecule has 6 nitrogen and oxygen atoms in total. The number of nitrogens with zero attached hydrogens (tertiary/aromatic N) is 1. The molecule has 0 fully saturated rings. The molecule has 29 heavy (non-hydrogen) atoms. The predicted octanol–water partition coefficient (Wildman–Crippen LogP) is 4.39. The number of ether oxygens (including phenoxy) is 1. The summed E-state index contributed by atoms with van der Waals surface area (Å²) in [6.45, 7) is 0.00222. The van der Waals surface area contributed by atoms with Gasteiger partial charge in [-0.2, -0.15) is 0 Å². The molecule has 0 unspecified atom stereocenters. The highest BCUT2D eigenvalue weighted by molar-refractivity contribution is 6.31. The Morgan fingerprint density at radius 2 is 1.72 bits per heavy atom. The van der Waals surface area contributed by atoms with Gasteiger partial charge in [-0.25, -0.2) is 0 Å². The third-order valence-electron chi connectivity index (χ3n) is 4.17. The molecule has 0 aliphatic rings. The van der Waals surface area contributed by atoms with Crippen LogP contribution in [0.25, 0.3) is 11.3 Å². The molecule has 2 amide bonds. The van der Waals surface area contributed by atoms with Crippen molar-refractivity contribution in [2.75, 3.05) is 13.7 Å². The van der Waals surface area contributed by atoms with Crippen LogP contribution in [0.2, 0.25) is 10.0 Å². The lowest BCUT2D eigenvalue weighted by Crippen LogP contribution is -2.31. The highest BCUT2D eigenvalue weighted by Gasteiger charge is 2.16. The first-order valence-corrected chi connectivity index (χ1v) is 9.40. The van der Waals surface area contributed by atoms with Crippen LogP contribution in [0.3, 0.4) is 0 Å². The van der Waals surface area contributed by atoms with E-state index in [-0.39, 0.29) is 30.4 Å². The minimum absolute atomic E-state index is 0.117. The van der Waals surface area contributed by atoms with Gasteiger partial charge in [0.2, 0.25) is 0 Å². The molecule has 3 aromatic rings. The number of hydrogen-bond acceptors (Lipinski definition) is 4. The van der Waals surface area contributed by atoms with Crippen LogP contribution in [0.5, 0.6) is 5.75 Å². The number of carbonyl (C=O) groups excluding carboxylic acids is 2. The summed E-state index contributed by atoms with van der Waals surface area (Å²) in [5, 5.41) is 0.995. The molecule has 2 N–H and O–H groups in total. The number of likely N-dealkylation sites (N-methyl/N-ethyl adjacent to an activating group) is 1. The number of furan rings is 1. The van der Waals surface area contributed by atoms with E-state index < -0.39 is 5.91 Å². The smallest absolute Gasteiger partial charge is 0.260 e. The van der Waals surface area contributed by atoms with E-state index in [1.807, 2.05) is 18.2 Å². The van der Waals surface area contributed by atoms with Crippen molar-refractivity contribution in [3.63, 3.8) is 0 Å². The molecule has 0 atom stereocenters. The Kier molecular flexibility index (Phi) is 6.46. The molecule has 1 aromatic heterocycles.